The first-order chi connectivity index (χ1) is 9.81. The quantitative estimate of drug-likeness (QED) is 0.849. The van der Waals surface area contributed by atoms with Crippen molar-refractivity contribution in [3.63, 3.8) is 0 Å². The van der Waals surface area contributed by atoms with Gasteiger partial charge in [0, 0.05) is 12.6 Å². The lowest BCUT2D eigenvalue weighted by molar-refractivity contribution is -0.0493. The second-order valence-corrected chi connectivity index (χ2v) is 4.90. The van der Waals surface area contributed by atoms with E-state index in [9.17, 15) is 18.7 Å². The van der Waals surface area contributed by atoms with Crippen LogP contribution in [-0.2, 0) is 0 Å². The Labute approximate surface area is 122 Å². The first kappa shape index (κ1) is 17.2. The largest absolute Gasteiger partial charge is 0.433 e. The minimum atomic E-state index is -2.97. The minimum Gasteiger partial charge on any atom is -0.433 e. The van der Waals surface area contributed by atoms with Crippen LogP contribution in [0, 0.1) is 0 Å². The molecule has 7 heteroatoms. The molecule has 1 rings (SSSR count). The third-order valence-corrected chi connectivity index (χ3v) is 2.69. The number of amides is 2. The van der Waals surface area contributed by atoms with Gasteiger partial charge in [0.25, 0.3) is 0 Å². The molecule has 1 atom stereocenters. The summed E-state index contributed by atoms with van der Waals surface area (Å²) in [6.07, 6.45) is -0.689. The number of carbonyl (C=O) groups is 1. The number of hydrogen-bond donors (Lipinski definition) is 2. The Hall–Kier alpha value is -1.89. The molecule has 0 saturated carbocycles. The van der Waals surface area contributed by atoms with Crippen molar-refractivity contribution < 1.29 is 23.4 Å². The molecule has 0 saturated heterocycles. The highest BCUT2D eigenvalue weighted by atomic mass is 19.3. The van der Waals surface area contributed by atoms with Crippen LogP contribution >= 0.6 is 0 Å². The number of aliphatic hydroxyl groups is 1. The van der Waals surface area contributed by atoms with Gasteiger partial charge in [0.05, 0.1) is 11.8 Å². The summed E-state index contributed by atoms with van der Waals surface area (Å²) in [5.41, 5.74) is 0.152. The number of nitrogens with zero attached hydrogens (tertiary/aromatic N) is 1. The Kier molecular flexibility index (Phi) is 6.36. The summed E-state index contributed by atoms with van der Waals surface area (Å²) >= 11 is 0. The van der Waals surface area contributed by atoms with Crippen molar-refractivity contribution >= 4 is 11.7 Å². The van der Waals surface area contributed by atoms with E-state index >= 15 is 0 Å². The van der Waals surface area contributed by atoms with Crippen LogP contribution in [0.3, 0.4) is 0 Å². The molecule has 0 heterocycles. The SMILES string of the molecule is CC(O)CN(C(=O)Nc1ccccc1OC(F)F)C(C)C. The number of rotatable bonds is 6. The van der Waals surface area contributed by atoms with Crippen LogP contribution < -0.4 is 10.1 Å². The first-order valence-corrected chi connectivity index (χ1v) is 6.60. The van der Waals surface area contributed by atoms with Crippen molar-refractivity contribution in [3.05, 3.63) is 24.3 Å². The number of carbonyl (C=O) groups excluding carboxylic acids is 1. The number of alkyl halides is 2. The van der Waals surface area contributed by atoms with Crippen molar-refractivity contribution in [1.29, 1.82) is 0 Å². The molecule has 1 aromatic carbocycles. The highest BCUT2D eigenvalue weighted by Crippen LogP contribution is 2.26. The summed E-state index contributed by atoms with van der Waals surface area (Å²) in [7, 11) is 0. The average molecular weight is 302 g/mol. The van der Waals surface area contributed by atoms with Crippen LogP contribution in [0.4, 0.5) is 19.3 Å². The molecule has 0 spiro atoms. The third kappa shape index (κ3) is 5.55. The second kappa shape index (κ2) is 7.78. The maximum Gasteiger partial charge on any atom is 0.387 e. The number of para-hydroxylation sites is 2. The Morgan fingerprint density at radius 1 is 1.33 bits per heavy atom. The van der Waals surface area contributed by atoms with Gasteiger partial charge >= 0.3 is 12.6 Å². The van der Waals surface area contributed by atoms with E-state index in [1.807, 2.05) is 0 Å². The number of ether oxygens (including phenoxy) is 1. The Morgan fingerprint density at radius 2 is 1.95 bits per heavy atom. The van der Waals surface area contributed by atoms with Crippen LogP contribution in [0.2, 0.25) is 0 Å². The topological polar surface area (TPSA) is 61.8 Å². The standard InChI is InChI=1S/C14H20F2N2O3/c1-9(2)18(8-10(3)19)14(20)17-11-6-4-5-7-12(11)21-13(15)16/h4-7,9-10,13,19H,8H2,1-3H3,(H,17,20). The van der Waals surface area contributed by atoms with Crippen molar-refractivity contribution in [3.8, 4) is 5.75 Å². The molecule has 118 valence electrons. The van der Waals surface area contributed by atoms with Gasteiger partial charge in [-0.25, -0.2) is 4.79 Å². The fraction of sp³-hybridized carbons (Fsp3) is 0.500. The predicted octanol–water partition coefficient (Wildman–Crippen LogP) is 2.91. The smallest absolute Gasteiger partial charge is 0.387 e. The maximum absolute atomic E-state index is 12.3. The summed E-state index contributed by atoms with van der Waals surface area (Å²) in [4.78, 5) is 13.6. The van der Waals surface area contributed by atoms with E-state index in [-0.39, 0.29) is 24.0 Å². The zero-order valence-corrected chi connectivity index (χ0v) is 12.2. The summed E-state index contributed by atoms with van der Waals surface area (Å²) < 4.78 is 29.0. The second-order valence-electron chi connectivity index (χ2n) is 4.90. The lowest BCUT2D eigenvalue weighted by Crippen LogP contribution is -2.43. The maximum atomic E-state index is 12.3. The van der Waals surface area contributed by atoms with Crippen LogP contribution in [0.15, 0.2) is 24.3 Å². The van der Waals surface area contributed by atoms with Crippen molar-refractivity contribution in [1.82, 2.24) is 4.90 Å². The van der Waals surface area contributed by atoms with E-state index < -0.39 is 18.7 Å². The van der Waals surface area contributed by atoms with E-state index in [2.05, 4.69) is 10.1 Å². The van der Waals surface area contributed by atoms with E-state index in [0.717, 1.165) is 0 Å². The monoisotopic (exact) mass is 302 g/mol. The Morgan fingerprint density at radius 3 is 2.48 bits per heavy atom. The van der Waals surface area contributed by atoms with Gasteiger partial charge in [-0.1, -0.05) is 12.1 Å². The molecule has 0 aliphatic heterocycles. The zero-order valence-electron chi connectivity index (χ0n) is 12.2. The lowest BCUT2D eigenvalue weighted by atomic mass is 10.2. The van der Waals surface area contributed by atoms with Crippen LogP contribution in [-0.4, -0.2) is 41.3 Å². The molecule has 2 amide bonds. The van der Waals surface area contributed by atoms with Gasteiger partial charge in [-0.15, -0.1) is 0 Å². The molecule has 0 aromatic heterocycles. The molecule has 0 bridgehead atoms. The molecule has 1 unspecified atom stereocenters. The van der Waals surface area contributed by atoms with Crippen LogP contribution in [0.5, 0.6) is 5.75 Å². The first-order valence-electron chi connectivity index (χ1n) is 6.60. The van der Waals surface area contributed by atoms with Gasteiger partial charge in [0.2, 0.25) is 0 Å². The number of hydrogen-bond acceptors (Lipinski definition) is 3. The Bertz CT molecular complexity index is 467. The minimum absolute atomic E-state index is 0.110. The highest BCUT2D eigenvalue weighted by molar-refractivity contribution is 5.91. The van der Waals surface area contributed by atoms with Crippen LogP contribution in [0.25, 0.3) is 0 Å². The van der Waals surface area contributed by atoms with Gasteiger partial charge < -0.3 is 20.1 Å². The average Bonchev–Trinajstić information content (AvgIpc) is 2.37. The molecular weight excluding hydrogens is 282 g/mol. The van der Waals surface area contributed by atoms with Gasteiger partial charge in [-0.3, -0.25) is 0 Å². The Balaban J connectivity index is 2.86. The van der Waals surface area contributed by atoms with E-state index in [1.54, 1.807) is 26.8 Å². The molecule has 0 aliphatic rings. The number of anilines is 1. The summed E-state index contributed by atoms with van der Waals surface area (Å²) in [5.74, 6) is -0.110. The fourth-order valence-electron chi connectivity index (χ4n) is 1.77. The van der Waals surface area contributed by atoms with Gasteiger partial charge in [0.15, 0.2) is 0 Å². The molecule has 0 radical (unpaired) electrons. The van der Waals surface area contributed by atoms with Gasteiger partial charge in [0.1, 0.15) is 5.75 Å². The van der Waals surface area contributed by atoms with Gasteiger partial charge in [-0.05, 0) is 32.9 Å². The fourth-order valence-corrected chi connectivity index (χ4v) is 1.77. The molecule has 0 aliphatic carbocycles. The van der Waals surface area contributed by atoms with Gasteiger partial charge in [-0.2, -0.15) is 8.78 Å². The highest BCUT2D eigenvalue weighted by Gasteiger charge is 2.20. The van der Waals surface area contributed by atoms with E-state index in [4.69, 9.17) is 0 Å². The molecule has 21 heavy (non-hydrogen) atoms. The zero-order chi connectivity index (χ0) is 16.0. The number of benzene rings is 1. The summed E-state index contributed by atoms with van der Waals surface area (Å²) in [5, 5.41) is 11.9. The molecular formula is C14H20F2N2O3. The molecule has 0 fully saturated rings. The summed E-state index contributed by atoms with van der Waals surface area (Å²) in [6, 6.07) is 5.30. The lowest BCUT2D eigenvalue weighted by Gasteiger charge is -2.28. The van der Waals surface area contributed by atoms with E-state index in [0.29, 0.717) is 0 Å². The molecule has 2 N–H and O–H groups in total. The molecule has 5 nitrogen and oxygen atoms in total. The van der Waals surface area contributed by atoms with Crippen molar-refractivity contribution in [2.24, 2.45) is 0 Å². The molecule has 1 aromatic rings. The summed E-state index contributed by atoms with van der Waals surface area (Å²) in [6.45, 7) is 2.33. The predicted molar refractivity (Wildman–Crippen MR) is 75.6 cm³/mol. The number of urea groups is 1. The van der Waals surface area contributed by atoms with Crippen molar-refractivity contribution in [2.45, 2.75) is 39.5 Å². The van der Waals surface area contributed by atoms with E-state index in [1.165, 1.54) is 23.1 Å². The normalized spacial score (nSPS) is 12.4. The van der Waals surface area contributed by atoms with Crippen molar-refractivity contribution in [2.75, 3.05) is 11.9 Å². The number of halogens is 2. The van der Waals surface area contributed by atoms with Crippen LogP contribution in [0.1, 0.15) is 20.8 Å². The third-order valence-electron chi connectivity index (χ3n) is 2.69. The number of nitrogens with one attached hydrogen (secondary N) is 1. The number of aliphatic hydroxyl groups excluding tert-OH is 1.